The lowest BCUT2D eigenvalue weighted by Crippen LogP contribution is -2.25. The second kappa shape index (κ2) is 6.25. The Labute approximate surface area is 109 Å². The third-order valence-corrected chi connectivity index (χ3v) is 3.95. The highest BCUT2D eigenvalue weighted by atomic mass is 35.5. The van der Waals surface area contributed by atoms with Crippen molar-refractivity contribution >= 4 is 17.4 Å². The average molecular weight is 253 g/mol. The molecule has 0 radical (unpaired) electrons. The number of rotatable bonds is 3. The molecule has 0 N–H and O–H groups in total. The van der Waals surface area contributed by atoms with E-state index in [1.807, 2.05) is 6.07 Å². The van der Waals surface area contributed by atoms with Gasteiger partial charge in [-0.3, -0.25) is 0 Å². The monoisotopic (exact) mass is 252 g/mol. The molecule has 1 saturated heterocycles. The Morgan fingerprint density at radius 2 is 2.24 bits per heavy atom. The van der Waals surface area contributed by atoms with Crippen molar-refractivity contribution in [3.8, 4) is 0 Å². The first-order valence-electron chi connectivity index (χ1n) is 6.60. The lowest BCUT2D eigenvalue weighted by atomic mass is 9.98. The molecule has 0 aliphatic carbocycles. The standard InChI is InChI=1S/C14H21ClN2/c1-2-12-5-4-9-17(10-8-12)14-7-3-6-13(11-15)16-14/h3,6-7,12H,2,4-5,8-11H2,1H3. The average Bonchev–Trinajstić information content (AvgIpc) is 2.64. The van der Waals surface area contributed by atoms with E-state index < -0.39 is 0 Å². The molecule has 0 bridgehead atoms. The van der Waals surface area contributed by atoms with Crippen molar-refractivity contribution in [2.24, 2.45) is 5.92 Å². The lowest BCUT2D eigenvalue weighted by molar-refractivity contribution is 0.459. The smallest absolute Gasteiger partial charge is 0.128 e. The van der Waals surface area contributed by atoms with Gasteiger partial charge in [-0.25, -0.2) is 4.98 Å². The van der Waals surface area contributed by atoms with Crippen LogP contribution >= 0.6 is 11.6 Å². The molecular weight excluding hydrogens is 232 g/mol. The van der Waals surface area contributed by atoms with Crippen molar-refractivity contribution in [3.63, 3.8) is 0 Å². The second-order valence-corrected chi connectivity index (χ2v) is 5.08. The summed E-state index contributed by atoms with van der Waals surface area (Å²) in [6, 6.07) is 6.15. The second-order valence-electron chi connectivity index (χ2n) is 4.81. The summed E-state index contributed by atoms with van der Waals surface area (Å²) in [5, 5.41) is 0. The van der Waals surface area contributed by atoms with E-state index in [0.29, 0.717) is 5.88 Å². The topological polar surface area (TPSA) is 16.1 Å². The summed E-state index contributed by atoms with van der Waals surface area (Å²) < 4.78 is 0. The van der Waals surface area contributed by atoms with Gasteiger partial charge in [0.1, 0.15) is 5.82 Å². The van der Waals surface area contributed by atoms with Crippen molar-refractivity contribution in [1.29, 1.82) is 0 Å². The van der Waals surface area contributed by atoms with Crippen LogP contribution < -0.4 is 4.90 Å². The molecule has 1 aliphatic rings. The Morgan fingerprint density at radius 3 is 3.00 bits per heavy atom. The maximum atomic E-state index is 5.83. The van der Waals surface area contributed by atoms with Crippen LogP contribution in [0.2, 0.25) is 0 Å². The summed E-state index contributed by atoms with van der Waals surface area (Å²) >= 11 is 5.83. The number of pyridine rings is 1. The molecule has 0 saturated carbocycles. The van der Waals surface area contributed by atoms with E-state index in [2.05, 4.69) is 28.9 Å². The molecule has 0 aromatic carbocycles. The van der Waals surface area contributed by atoms with E-state index in [9.17, 15) is 0 Å². The number of hydrogen-bond donors (Lipinski definition) is 0. The van der Waals surface area contributed by atoms with Gasteiger partial charge in [-0.15, -0.1) is 11.6 Å². The van der Waals surface area contributed by atoms with E-state index in [1.165, 1.54) is 25.7 Å². The first-order chi connectivity index (χ1) is 8.33. The fourth-order valence-corrected chi connectivity index (χ4v) is 2.67. The zero-order valence-corrected chi connectivity index (χ0v) is 11.3. The zero-order valence-electron chi connectivity index (χ0n) is 10.5. The van der Waals surface area contributed by atoms with Crippen molar-refractivity contribution < 1.29 is 0 Å². The molecule has 1 atom stereocenters. The number of halogens is 1. The highest BCUT2D eigenvalue weighted by Gasteiger charge is 2.16. The lowest BCUT2D eigenvalue weighted by Gasteiger charge is -2.22. The van der Waals surface area contributed by atoms with Crippen LogP contribution in [0.5, 0.6) is 0 Å². The van der Waals surface area contributed by atoms with Crippen LogP contribution in [0.1, 0.15) is 38.3 Å². The van der Waals surface area contributed by atoms with Gasteiger partial charge in [0.15, 0.2) is 0 Å². The maximum Gasteiger partial charge on any atom is 0.128 e. The van der Waals surface area contributed by atoms with Crippen LogP contribution in [0.3, 0.4) is 0 Å². The quantitative estimate of drug-likeness (QED) is 0.760. The molecular formula is C14H21ClN2. The molecule has 2 heterocycles. The first-order valence-corrected chi connectivity index (χ1v) is 7.13. The highest BCUT2D eigenvalue weighted by molar-refractivity contribution is 6.16. The maximum absolute atomic E-state index is 5.83. The highest BCUT2D eigenvalue weighted by Crippen LogP contribution is 2.23. The first kappa shape index (κ1) is 12.7. The summed E-state index contributed by atoms with van der Waals surface area (Å²) in [4.78, 5) is 7.01. The van der Waals surface area contributed by atoms with E-state index in [-0.39, 0.29) is 0 Å². The molecule has 17 heavy (non-hydrogen) atoms. The minimum absolute atomic E-state index is 0.499. The molecule has 0 spiro atoms. The Hall–Kier alpha value is -0.760. The molecule has 94 valence electrons. The SMILES string of the molecule is CCC1CCCN(c2cccc(CCl)n2)CC1. The van der Waals surface area contributed by atoms with Gasteiger partial charge in [-0.05, 0) is 37.3 Å². The molecule has 1 aliphatic heterocycles. The van der Waals surface area contributed by atoms with Gasteiger partial charge in [0.2, 0.25) is 0 Å². The third-order valence-electron chi connectivity index (χ3n) is 3.68. The zero-order chi connectivity index (χ0) is 12.1. The number of nitrogens with zero attached hydrogens (tertiary/aromatic N) is 2. The van der Waals surface area contributed by atoms with Gasteiger partial charge in [-0.1, -0.05) is 19.4 Å². The minimum atomic E-state index is 0.499. The van der Waals surface area contributed by atoms with Crippen LogP contribution in [0.4, 0.5) is 5.82 Å². The largest absolute Gasteiger partial charge is 0.357 e. The molecule has 1 aromatic rings. The number of anilines is 1. The Balaban J connectivity index is 2.05. The fourth-order valence-electron chi connectivity index (χ4n) is 2.52. The molecule has 1 fully saturated rings. The molecule has 1 aromatic heterocycles. The molecule has 2 nitrogen and oxygen atoms in total. The van der Waals surface area contributed by atoms with Crippen molar-refractivity contribution in [3.05, 3.63) is 23.9 Å². The minimum Gasteiger partial charge on any atom is -0.357 e. The van der Waals surface area contributed by atoms with Gasteiger partial charge < -0.3 is 4.90 Å². The van der Waals surface area contributed by atoms with Crippen LogP contribution in [-0.2, 0) is 5.88 Å². The number of alkyl halides is 1. The normalized spacial score (nSPS) is 21.3. The summed E-state index contributed by atoms with van der Waals surface area (Å²) in [6.07, 6.45) is 5.25. The van der Waals surface area contributed by atoms with Crippen molar-refractivity contribution in [1.82, 2.24) is 4.98 Å². The Morgan fingerprint density at radius 1 is 1.35 bits per heavy atom. The van der Waals surface area contributed by atoms with Crippen LogP contribution in [0.25, 0.3) is 0 Å². The van der Waals surface area contributed by atoms with Gasteiger partial charge in [0, 0.05) is 13.1 Å². The van der Waals surface area contributed by atoms with Crippen LogP contribution in [0.15, 0.2) is 18.2 Å². The molecule has 2 rings (SSSR count). The van der Waals surface area contributed by atoms with Crippen molar-refractivity contribution in [2.75, 3.05) is 18.0 Å². The van der Waals surface area contributed by atoms with Gasteiger partial charge in [-0.2, -0.15) is 0 Å². The summed E-state index contributed by atoms with van der Waals surface area (Å²) in [5.74, 6) is 2.50. The van der Waals surface area contributed by atoms with Crippen molar-refractivity contribution in [2.45, 2.75) is 38.5 Å². The summed E-state index contributed by atoms with van der Waals surface area (Å²) in [7, 11) is 0. The predicted octanol–water partition coefficient (Wildman–Crippen LogP) is 3.84. The van der Waals surface area contributed by atoms with E-state index >= 15 is 0 Å². The summed E-state index contributed by atoms with van der Waals surface area (Å²) in [6.45, 7) is 4.57. The van der Waals surface area contributed by atoms with Crippen LogP contribution in [-0.4, -0.2) is 18.1 Å². The third kappa shape index (κ3) is 3.35. The molecule has 3 heteroatoms. The predicted molar refractivity (Wildman–Crippen MR) is 73.6 cm³/mol. The van der Waals surface area contributed by atoms with Crippen LogP contribution in [0, 0.1) is 5.92 Å². The van der Waals surface area contributed by atoms with Gasteiger partial charge in [0.05, 0.1) is 11.6 Å². The molecule has 0 amide bonds. The van der Waals surface area contributed by atoms with E-state index in [0.717, 1.165) is 30.5 Å². The van der Waals surface area contributed by atoms with Gasteiger partial charge in [0.25, 0.3) is 0 Å². The molecule has 1 unspecified atom stereocenters. The van der Waals surface area contributed by atoms with E-state index in [1.54, 1.807) is 0 Å². The van der Waals surface area contributed by atoms with Gasteiger partial charge >= 0.3 is 0 Å². The Kier molecular flexibility index (Phi) is 4.66. The number of aromatic nitrogens is 1. The summed E-state index contributed by atoms with van der Waals surface area (Å²) in [5.41, 5.74) is 0.973. The number of hydrogen-bond acceptors (Lipinski definition) is 2. The fraction of sp³-hybridized carbons (Fsp3) is 0.643. The Bertz CT molecular complexity index is 354. The van der Waals surface area contributed by atoms with E-state index in [4.69, 9.17) is 11.6 Å².